The Bertz CT molecular complexity index is 907. The molecule has 0 amide bonds. The first kappa shape index (κ1) is 31.9. The van der Waals surface area contributed by atoms with Crippen molar-refractivity contribution in [3.05, 3.63) is 108 Å². The van der Waals surface area contributed by atoms with E-state index >= 15 is 0 Å². The lowest BCUT2D eigenvalue weighted by atomic mass is 9.80. The topological polar surface area (TPSA) is 58.6 Å². The van der Waals surface area contributed by atoms with Crippen LogP contribution in [-0.2, 0) is 34.0 Å². The van der Waals surface area contributed by atoms with Crippen LogP contribution in [0.5, 0.6) is 0 Å². The molecule has 0 heterocycles. The fourth-order valence-corrected chi connectivity index (χ4v) is 4.25. The highest BCUT2D eigenvalue weighted by Crippen LogP contribution is 2.40. The van der Waals surface area contributed by atoms with E-state index in [1.54, 1.807) is 0 Å². The molecule has 0 aromatic heterocycles. The zero-order valence-corrected chi connectivity index (χ0v) is 24.0. The number of benzene rings is 3. The first-order valence-corrected chi connectivity index (χ1v) is 14.1. The SMILES string of the molecule is CN(C)CCOCCOCCOCCOCCOCCOC(c1ccccc1)(c1ccccc1)c1ccccc1. The summed E-state index contributed by atoms with van der Waals surface area (Å²) in [4.78, 5) is 2.09. The third-order valence-electron chi connectivity index (χ3n) is 6.26. The van der Waals surface area contributed by atoms with Crippen LogP contribution in [0.3, 0.4) is 0 Å². The second-order valence-corrected chi connectivity index (χ2v) is 9.49. The summed E-state index contributed by atoms with van der Waals surface area (Å²) < 4.78 is 34.7. The van der Waals surface area contributed by atoms with Gasteiger partial charge in [0.25, 0.3) is 0 Å². The van der Waals surface area contributed by atoms with Crippen molar-refractivity contribution in [1.82, 2.24) is 4.90 Å². The summed E-state index contributed by atoms with van der Waals surface area (Å²) in [5, 5.41) is 0. The monoisotopic (exact) mass is 551 g/mol. The summed E-state index contributed by atoms with van der Waals surface area (Å²) in [6.45, 7) is 6.86. The summed E-state index contributed by atoms with van der Waals surface area (Å²) in [5.41, 5.74) is 2.50. The van der Waals surface area contributed by atoms with E-state index in [2.05, 4.69) is 41.3 Å². The van der Waals surface area contributed by atoms with E-state index in [9.17, 15) is 0 Å². The number of nitrogens with zero attached hydrogens (tertiary/aromatic N) is 1. The van der Waals surface area contributed by atoms with Gasteiger partial charge in [-0.15, -0.1) is 0 Å². The maximum atomic E-state index is 6.71. The third kappa shape index (κ3) is 11.1. The zero-order chi connectivity index (χ0) is 28.1. The Morgan fingerprint density at radius 3 is 1.05 bits per heavy atom. The predicted octanol–water partition coefficient (Wildman–Crippen LogP) is 4.64. The molecule has 0 spiro atoms. The van der Waals surface area contributed by atoms with Gasteiger partial charge in [-0.3, -0.25) is 0 Å². The average molecular weight is 552 g/mol. The summed E-state index contributed by atoms with van der Waals surface area (Å²) in [6.07, 6.45) is 0. The molecule has 7 nitrogen and oxygen atoms in total. The second kappa shape index (κ2) is 19.5. The molecular formula is C33H45NO6. The second-order valence-electron chi connectivity index (χ2n) is 9.49. The summed E-state index contributed by atoms with van der Waals surface area (Å²) in [7, 11) is 4.05. The summed E-state index contributed by atoms with van der Waals surface area (Å²) in [6, 6.07) is 31.1. The van der Waals surface area contributed by atoms with Crippen LogP contribution in [0.1, 0.15) is 16.7 Å². The summed E-state index contributed by atoms with van der Waals surface area (Å²) >= 11 is 0. The van der Waals surface area contributed by atoms with E-state index in [4.69, 9.17) is 28.4 Å². The van der Waals surface area contributed by atoms with Crippen LogP contribution in [0, 0.1) is 0 Å². The Kier molecular flexibility index (Phi) is 15.5. The van der Waals surface area contributed by atoms with Crippen molar-refractivity contribution in [1.29, 1.82) is 0 Å². The lowest BCUT2D eigenvalue weighted by Crippen LogP contribution is -2.34. The number of hydrogen-bond acceptors (Lipinski definition) is 7. The molecule has 0 atom stereocenters. The molecule has 0 saturated carbocycles. The standard InChI is InChI=1S/C33H45NO6/c1-34(2)18-19-35-20-21-36-22-23-37-24-25-38-26-27-39-28-29-40-33(30-12-6-3-7-13-30,31-14-8-4-9-15-31)32-16-10-5-11-17-32/h3-17H,18-29H2,1-2H3. The van der Waals surface area contributed by atoms with Crippen LogP contribution in [0.15, 0.2) is 91.0 Å². The first-order valence-electron chi connectivity index (χ1n) is 14.1. The molecule has 3 rings (SSSR count). The number of likely N-dealkylation sites (N-methyl/N-ethyl adjacent to an activating group) is 1. The van der Waals surface area contributed by atoms with E-state index in [0.717, 1.165) is 29.8 Å². The molecule has 0 bridgehead atoms. The van der Waals surface area contributed by atoms with Crippen LogP contribution >= 0.6 is 0 Å². The predicted molar refractivity (Wildman–Crippen MR) is 158 cm³/mol. The maximum absolute atomic E-state index is 6.71. The van der Waals surface area contributed by atoms with E-state index < -0.39 is 5.60 Å². The molecule has 0 fully saturated rings. The van der Waals surface area contributed by atoms with Gasteiger partial charge in [0.15, 0.2) is 0 Å². The van der Waals surface area contributed by atoms with Gasteiger partial charge in [0, 0.05) is 6.54 Å². The largest absolute Gasteiger partial charge is 0.378 e. The maximum Gasteiger partial charge on any atom is 0.143 e. The van der Waals surface area contributed by atoms with Gasteiger partial charge in [0.05, 0.1) is 72.7 Å². The van der Waals surface area contributed by atoms with E-state index in [-0.39, 0.29) is 0 Å². The van der Waals surface area contributed by atoms with E-state index in [1.165, 1.54) is 0 Å². The molecule has 0 unspecified atom stereocenters. The molecule has 40 heavy (non-hydrogen) atoms. The average Bonchev–Trinajstić information content (AvgIpc) is 3.00. The molecule has 218 valence electrons. The molecule has 3 aromatic rings. The highest BCUT2D eigenvalue weighted by atomic mass is 16.6. The molecule has 7 heteroatoms. The minimum Gasteiger partial charge on any atom is -0.378 e. The quantitative estimate of drug-likeness (QED) is 0.133. The van der Waals surface area contributed by atoms with Crippen molar-refractivity contribution in [3.63, 3.8) is 0 Å². The Balaban J connectivity index is 1.32. The lowest BCUT2D eigenvalue weighted by Gasteiger charge is -2.36. The highest BCUT2D eigenvalue weighted by molar-refractivity contribution is 5.47. The molecule has 0 aliphatic heterocycles. The van der Waals surface area contributed by atoms with Gasteiger partial charge < -0.3 is 33.3 Å². The minimum absolute atomic E-state index is 0.433. The fraction of sp³-hybridized carbons (Fsp3) is 0.455. The molecule has 0 saturated heterocycles. The van der Waals surface area contributed by atoms with Crippen molar-refractivity contribution in [2.24, 2.45) is 0 Å². The van der Waals surface area contributed by atoms with Crippen LogP contribution in [0.4, 0.5) is 0 Å². The number of rotatable bonds is 22. The van der Waals surface area contributed by atoms with Crippen LogP contribution in [0.25, 0.3) is 0 Å². The molecule has 0 aliphatic carbocycles. The lowest BCUT2D eigenvalue weighted by molar-refractivity contribution is -0.0391. The van der Waals surface area contributed by atoms with Crippen LogP contribution in [-0.4, -0.2) is 98.2 Å². The van der Waals surface area contributed by atoms with Gasteiger partial charge in [-0.1, -0.05) is 91.0 Å². The molecule has 3 aromatic carbocycles. The minimum atomic E-state index is -0.732. The van der Waals surface area contributed by atoms with Gasteiger partial charge >= 0.3 is 0 Å². The molecule has 0 radical (unpaired) electrons. The van der Waals surface area contributed by atoms with E-state index in [0.29, 0.717) is 66.1 Å². The number of hydrogen-bond donors (Lipinski definition) is 0. The van der Waals surface area contributed by atoms with Gasteiger partial charge in [0.1, 0.15) is 5.60 Å². The Hall–Kier alpha value is -2.62. The first-order chi connectivity index (χ1) is 19.7. The third-order valence-corrected chi connectivity index (χ3v) is 6.26. The fourth-order valence-electron chi connectivity index (χ4n) is 4.25. The molecule has 0 N–H and O–H groups in total. The van der Waals surface area contributed by atoms with E-state index in [1.807, 2.05) is 68.7 Å². The van der Waals surface area contributed by atoms with Gasteiger partial charge in [-0.05, 0) is 30.8 Å². The Morgan fingerprint density at radius 1 is 0.425 bits per heavy atom. The summed E-state index contributed by atoms with van der Waals surface area (Å²) in [5.74, 6) is 0. The van der Waals surface area contributed by atoms with Crippen molar-refractivity contribution in [3.8, 4) is 0 Å². The highest BCUT2D eigenvalue weighted by Gasteiger charge is 2.37. The zero-order valence-electron chi connectivity index (χ0n) is 24.0. The Labute approximate surface area is 239 Å². The van der Waals surface area contributed by atoms with Gasteiger partial charge in [-0.2, -0.15) is 0 Å². The van der Waals surface area contributed by atoms with Crippen molar-refractivity contribution < 1.29 is 28.4 Å². The normalized spacial score (nSPS) is 11.8. The van der Waals surface area contributed by atoms with Crippen molar-refractivity contribution in [2.45, 2.75) is 5.60 Å². The van der Waals surface area contributed by atoms with Crippen molar-refractivity contribution in [2.75, 3.05) is 93.3 Å². The smallest absolute Gasteiger partial charge is 0.143 e. The van der Waals surface area contributed by atoms with Gasteiger partial charge in [0.2, 0.25) is 0 Å². The molecular weight excluding hydrogens is 506 g/mol. The Morgan fingerprint density at radius 2 is 0.725 bits per heavy atom. The van der Waals surface area contributed by atoms with Crippen molar-refractivity contribution >= 4 is 0 Å². The number of ether oxygens (including phenoxy) is 6. The van der Waals surface area contributed by atoms with Crippen LogP contribution < -0.4 is 0 Å². The van der Waals surface area contributed by atoms with Crippen LogP contribution in [0.2, 0.25) is 0 Å². The van der Waals surface area contributed by atoms with Gasteiger partial charge in [-0.25, -0.2) is 0 Å². The molecule has 0 aliphatic rings.